The molecule has 0 aliphatic carbocycles. The van der Waals surface area contributed by atoms with Crippen molar-refractivity contribution in [2.45, 2.75) is 11.3 Å². The SMILES string of the molecule is CN(C)CCCN(C(=O)c1ccccc1S(C)(=O)=O)c1nc2c(F)cccc2s1. The molecule has 0 atom stereocenters. The minimum Gasteiger partial charge on any atom is -0.309 e. The third-order valence-electron chi connectivity index (χ3n) is 4.34. The summed E-state index contributed by atoms with van der Waals surface area (Å²) in [4.78, 5) is 21.1. The zero-order valence-corrected chi connectivity index (χ0v) is 18.1. The van der Waals surface area contributed by atoms with E-state index in [2.05, 4.69) is 4.98 Å². The van der Waals surface area contributed by atoms with Crippen LogP contribution in [0.3, 0.4) is 0 Å². The second-order valence-corrected chi connectivity index (χ2v) is 9.96. The molecule has 6 nitrogen and oxygen atoms in total. The number of nitrogens with zero attached hydrogens (tertiary/aromatic N) is 3. The standard InChI is InChI=1S/C20H22FN3O3S2/c1-23(2)12-7-13-24(20-22-18-15(21)9-6-10-16(18)28-20)19(25)14-8-4-5-11-17(14)29(3,26)27/h4-6,8-11H,7,12-13H2,1-3H3. The monoisotopic (exact) mass is 435 g/mol. The first-order valence-electron chi connectivity index (χ1n) is 8.99. The van der Waals surface area contributed by atoms with Gasteiger partial charge in [-0.25, -0.2) is 17.8 Å². The van der Waals surface area contributed by atoms with Crippen LogP contribution < -0.4 is 4.90 Å². The van der Waals surface area contributed by atoms with E-state index in [4.69, 9.17) is 0 Å². The minimum absolute atomic E-state index is 0.0325. The van der Waals surface area contributed by atoms with Crippen LogP contribution >= 0.6 is 11.3 Å². The molecule has 9 heteroatoms. The van der Waals surface area contributed by atoms with Crippen LogP contribution in [0.15, 0.2) is 47.4 Å². The van der Waals surface area contributed by atoms with Gasteiger partial charge in [0.05, 0.1) is 15.2 Å². The molecule has 0 fully saturated rings. The van der Waals surface area contributed by atoms with E-state index in [1.54, 1.807) is 24.3 Å². The van der Waals surface area contributed by atoms with Gasteiger partial charge in [-0.05, 0) is 51.3 Å². The van der Waals surface area contributed by atoms with Crippen LogP contribution in [-0.4, -0.2) is 57.6 Å². The van der Waals surface area contributed by atoms with Crippen LogP contribution in [-0.2, 0) is 9.84 Å². The molecule has 0 spiro atoms. The zero-order chi connectivity index (χ0) is 21.2. The molecule has 0 saturated heterocycles. The number of rotatable bonds is 7. The Kier molecular flexibility index (Phi) is 6.30. The zero-order valence-electron chi connectivity index (χ0n) is 16.4. The Bertz CT molecular complexity index is 1140. The fourth-order valence-corrected chi connectivity index (χ4v) is 4.84. The van der Waals surface area contributed by atoms with Gasteiger partial charge in [-0.1, -0.05) is 29.5 Å². The number of para-hydroxylation sites is 1. The molecule has 1 amide bonds. The van der Waals surface area contributed by atoms with Crippen molar-refractivity contribution in [3.05, 3.63) is 53.8 Å². The highest BCUT2D eigenvalue weighted by Crippen LogP contribution is 2.32. The number of sulfone groups is 1. The number of carbonyl (C=O) groups excluding carboxylic acids is 1. The van der Waals surface area contributed by atoms with Crippen LogP contribution in [0.4, 0.5) is 9.52 Å². The number of anilines is 1. The quantitative estimate of drug-likeness (QED) is 0.569. The number of hydrogen-bond acceptors (Lipinski definition) is 6. The van der Waals surface area contributed by atoms with E-state index in [1.165, 1.54) is 34.4 Å². The van der Waals surface area contributed by atoms with E-state index in [-0.39, 0.29) is 16.0 Å². The van der Waals surface area contributed by atoms with Gasteiger partial charge in [0.15, 0.2) is 15.0 Å². The van der Waals surface area contributed by atoms with Gasteiger partial charge in [0.25, 0.3) is 5.91 Å². The Hall–Kier alpha value is -2.36. The second kappa shape index (κ2) is 8.56. The number of hydrogen-bond donors (Lipinski definition) is 0. The summed E-state index contributed by atoms with van der Waals surface area (Å²) in [5.74, 6) is -0.925. The largest absolute Gasteiger partial charge is 0.309 e. The van der Waals surface area contributed by atoms with Crippen LogP contribution in [0.25, 0.3) is 10.2 Å². The lowest BCUT2D eigenvalue weighted by molar-refractivity contribution is 0.0983. The van der Waals surface area contributed by atoms with Gasteiger partial charge in [-0.3, -0.25) is 9.69 Å². The topological polar surface area (TPSA) is 70.6 Å². The molecule has 154 valence electrons. The fraction of sp³-hybridized carbons (Fsp3) is 0.300. The molecule has 0 aliphatic rings. The average molecular weight is 436 g/mol. The molecule has 0 saturated carbocycles. The smallest absolute Gasteiger partial charge is 0.261 e. The number of thiazole rings is 1. The van der Waals surface area contributed by atoms with Crippen molar-refractivity contribution in [1.82, 2.24) is 9.88 Å². The lowest BCUT2D eigenvalue weighted by atomic mass is 10.2. The molecule has 3 rings (SSSR count). The van der Waals surface area contributed by atoms with Gasteiger partial charge in [-0.15, -0.1) is 0 Å². The van der Waals surface area contributed by atoms with E-state index in [1.807, 2.05) is 19.0 Å². The van der Waals surface area contributed by atoms with Gasteiger partial charge in [0.2, 0.25) is 0 Å². The highest BCUT2D eigenvalue weighted by Gasteiger charge is 2.26. The van der Waals surface area contributed by atoms with Gasteiger partial charge < -0.3 is 4.90 Å². The second-order valence-electron chi connectivity index (χ2n) is 6.96. The van der Waals surface area contributed by atoms with Crippen molar-refractivity contribution in [1.29, 1.82) is 0 Å². The number of carbonyl (C=O) groups is 1. The maximum Gasteiger partial charge on any atom is 0.261 e. The molecule has 0 bridgehead atoms. The van der Waals surface area contributed by atoms with Crippen LogP contribution in [0.1, 0.15) is 16.8 Å². The van der Waals surface area contributed by atoms with Crippen LogP contribution in [0, 0.1) is 5.82 Å². The molecule has 0 unspecified atom stereocenters. The summed E-state index contributed by atoms with van der Waals surface area (Å²) >= 11 is 1.21. The normalized spacial score (nSPS) is 11.9. The molecule has 1 heterocycles. The molecule has 1 aromatic heterocycles. The summed E-state index contributed by atoms with van der Waals surface area (Å²) in [7, 11) is 0.265. The van der Waals surface area contributed by atoms with E-state index < -0.39 is 21.6 Å². The molecule has 0 radical (unpaired) electrons. The first kappa shape index (κ1) is 21.4. The third kappa shape index (κ3) is 4.80. The van der Waals surface area contributed by atoms with Crippen molar-refractivity contribution in [2.24, 2.45) is 0 Å². The van der Waals surface area contributed by atoms with Crippen molar-refractivity contribution in [2.75, 3.05) is 38.3 Å². The third-order valence-corrected chi connectivity index (χ3v) is 6.54. The summed E-state index contributed by atoms with van der Waals surface area (Å²) in [6.45, 7) is 1.06. The molecule has 3 aromatic rings. The van der Waals surface area contributed by atoms with Gasteiger partial charge in [-0.2, -0.15) is 0 Å². The van der Waals surface area contributed by atoms with E-state index >= 15 is 0 Å². The van der Waals surface area contributed by atoms with Crippen LogP contribution in [0.5, 0.6) is 0 Å². The molecule has 2 aromatic carbocycles. The Morgan fingerprint density at radius 1 is 1.10 bits per heavy atom. The van der Waals surface area contributed by atoms with E-state index in [0.29, 0.717) is 22.8 Å². The average Bonchev–Trinajstić information content (AvgIpc) is 3.09. The predicted molar refractivity (Wildman–Crippen MR) is 114 cm³/mol. The van der Waals surface area contributed by atoms with Crippen molar-refractivity contribution < 1.29 is 17.6 Å². The summed E-state index contributed by atoms with van der Waals surface area (Å²) < 4.78 is 39.1. The van der Waals surface area contributed by atoms with Gasteiger partial charge >= 0.3 is 0 Å². The Balaban J connectivity index is 2.06. The first-order chi connectivity index (χ1) is 13.7. The lowest BCUT2D eigenvalue weighted by Gasteiger charge is -2.22. The number of benzene rings is 2. The minimum atomic E-state index is -3.59. The number of aromatic nitrogens is 1. The summed E-state index contributed by atoms with van der Waals surface area (Å²) in [6.07, 6.45) is 1.72. The highest BCUT2D eigenvalue weighted by molar-refractivity contribution is 7.90. The van der Waals surface area contributed by atoms with Crippen molar-refractivity contribution >= 4 is 42.4 Å². The van der Waals surface area contributed by atoms with Crippen molar-refractivity contribution in [3.63, 3.8) is 0 Å². The Morgan fingerprint density at radius 2 is 1.83 bits per heavy atom. The molecule has 29 heavy (non-hydrogen) atoms. The van der Waals surface area contributed by atoms with E-state index in [9.17, 15) is 17.6 Å². The molecular formula is C20H22FN3O3S2. The van der Waals surface area contributed by atoms with Gasteiger partial charge in [0, 0.05) is 12.8 Å². The number of fused-ring (bicyclic) bond motifs is 1. The highest BCUT2D eigenvalue weighted by atomic mass is 32.2. The first-order valence-corrected chi connectivity index (χ1v) is 11.7. The van der Waals surface area contributed by atoms with Crippen LogP contribution in [0.2, 0.25) is 0 Å². The molecule has 0 N–H and O–H groups in total. The number of amides is 1. The molecular weight excluding hydrogens is 413 g/mol. The summed E-state index contributed by atoms with van der Waals surface area (Å²) in [6, 6.07) is 10.8. The molecule has 0 aliphatic heterocycles. The Morgan fingerprint density at radius 3 is 2.48 bits per heavy atom. The van der Waals surface area contributed by atoms with Crippen molar-refractivity contribution in [3.8, 4) is 0 Å². The fourth-order valence-electron chi connectivity index (χ4n) is 2.96. The summed E-state index contributed by atoms with van der Waals surface area (Å²) in [5.41, 5.74) is 0.286. The van der Waals surface area contributed by atoms with E-state index in [0.717, 1.165) is 12.8 Å². The summed E-state index contributed by atoms with van der Waals surface area (Å²) in [5, 5.41) is 0.345. The lowest BCUT2D eigenvalue weighted by Crippen LogP contribution is -2.34. The Labute approximate surface area is 173 Å². The maximum atomic E-state index is 14.1. The van der Waals surface area contributed by atoms with Gasteiger partial charge in [0.1, 0.15) is 11.3 Å². The predicted octanol–water partition coefficient (Wildman–Crippen LogP) is 3.44. The maximum absolute atomic E-state index is 14.1. The number of halogens is 1.